The minimum absolute atomic E-state index is 0.0648. The predicted octanol–water partition coefficient (Wildman–Crippen LogP) is 6.08. The Morgan fingerprint density at radius 3 is 2.70 bits per heavy atom. The Hall–Kier alpha value is -2.85. The molecule has 0 saturated carbocycles. The average molecular weight is 502 g/mol. The molecule has 0 N–H and O–H groups in total. The largest absolute Gasteiger partial charge is 0.470 e. The number of hydrogen-bond donors (Lipinski definition) is 0. The molecule has 2 aromatic heterocycles. The number of rotatable bonds is 5. The van der Waals surface area contributed by atoms with Crippen molar-refractivity contribution in [3.8, 4) is 11.9 Å². The van der Waals surface area contributed by atoms with Gasteiger partial charge in [-0.3, -0.25) is 4.79 Å². The minimum Gasteiger partial charge on any atom is -0.470 e. The number of nitrogens with zero attached hydrogens (tertiary/aromatic N) is 4. The Kier molecular flexibility index (Phi) is 7.04. The molecule has 9 heteroatoms. The highest BCUT2D eigenvalue weighted by Crippen LogP contribution is 2.33. The molecule has 1 fully saturated rings. The molecule has 2 unspecified atom stereocenters. The molecule has 0 radical (unpaired) electrons. The SMILES string of the molecule is CC(Oc1ccc(Cl)cn1)c1ccnc(C#N)c1C(=O)N1CCC(c2ccc(Cl)c(Cl)c2)C1. The van der Waals surface area contributed by atoms with Gasteiger partial charge in [-0.05, 0) is 43.2 Å². The molecule has 1 amide bonds. The van der Waals surface area contributed by atoms with Gasteiger partial charge in [0, 0.05) is 43.0 Å². The smallest absolute Gasteiger partial charge is 0.257 e. The summed E-state index contributed by atoms with van der Waals surface area (Å²) in [6, 6.07) is 12.6. The van der Waals surface area contributed by atoms with Crippen molar-refractivity contribution in [3.05, 3.63) is 86.2 Å². The van der Waals surface area contributed by atoms with Crippen molar-refractivity contribution >= 4 is 40.7 Å². The second kappa shape index (κ2) is 9.96. The summed E-state index contributed by atoms with van der Waals surface area (Å²) in [5.74, 6) is 0.236. The fraction of sp³-hybridized carbons (Fsp3) is 0.250. The van der Waals surface area contributed by atoms with Crippen molar-refractivity contribution in [3.63, 3.8) is 0 Å². The molecule has 168 valence electrons. The number of benzene rings is 1. The summed E-state index contributed by atoms with van der Waals surface area (Å²) in [6.07, 6.45) is 3.22. The van der Waals surface area contributed by atoms with Crippen LogP contribution in [0.2, 0.25) is 15.1 Å². The molecule has 1 aliphatic rings. The van der Waals surface area contributed by atoms with Gasteiger partial charge in [0.2, 0.25) is 5.88 Å². The molecule has 0 bridgehead atoms. The molecule has 0 aliphatic carbocycles. The van der Waals surface area contributed by atoms with Gasteiger partial charge in [0.15, 0.2) is 5.69 Å². The summed E-state index contributed by atoms with van der Waals surface area (Å²) in [5, 5.41) is 11.1. The minimum atomic E-state index is -0.541. The maximum Gasteiger partial charge on any atom is 0.257 e. The van der Waals surface area contributed by atoms with Crippen LogP contribution in [0.3, 0.4) is 0 Å². The zero-order valence-corrected chi connectivity index (χ0v) is 19.9. The first-order valence-electron chi connectivity index (χ1n) is 10.3. The Balaban J connectivity index is 1.58. The topological polar surface area (TPSA) is 79.1 Å². The molecule has 3 aromatic rings. The van der Waals surface area contributed by atoms with Gasteiger partial charge in [0.25, 0.3) is 5.91 Å². The molecular weight excluding hydrogens is 483 g/mol. The summed E-state index contributed by atoms with van der Waals surface area (Å²) in [4.78, 5) is 23.5. The van der Waals surface area contributed by atoms with Crippen molar-refractivity contribution in [1.29, 1.82) is 5.26 Å². The first-order chi connectivity index (χ1) is 15.9. The monoisotopic (exact) mass is 500 g/mol. The summed E-state index contributed by atoms with van der Waals surface area (Å²) in [5.41, 5.74) is 1.91. The lowest BCUT2D eigenvalue weighted by atomic mass is 9.98. The lowest BCUT2D eigenvalue weighted by Crippen LogP contribution is -2.31. The number of carbonyl (C=O) groups excluding carboxylic acids is 1. The standard InChI is InChI=1S/C24H19Cl3N4O2/c1-14(33-22-5-3-17(25)12-30-22)18-6-8-29-21(11-28)23(18)24(32)31-9-7-16(13-31)15-2-4-19(26)20(27)10-15/h2-6,8,10,12,14,16H,7,9,13H2,1H3. The van der Waals surface area contributed by atoms with Gasteiger partial charge in [-0.2, -0.15) is 5.26 Å². The summed E-state index contributed by atoms with van der Waals surface area (Å²) < 4.78 is 5.92. The van der Waals surface area contributed by atoms with Gasteiger partial charge < -0.3 is 9.64 Å². The molecular formula is C24H19Cl3N4O2. The van der Waals surface area contributed by atoms with E-state index >= 15 is 0 Å². The molecule has 33 heavy (non-hydrogen) atoms. The summed E-state index contributed by atoms with van der Waals surface area (Å²) in [7, 11) is 0. The number of aromatic nitrogens is 2. The first-order valence-corrected chi connectivity index (χ1v) is 11.4. The van der Waals surface area contributed by atoms with Crippen molar-refractivity contribution in [2.24, 2.45) is 0 Å². The van der Waals surface area contributed by atoms with E-state index in [1.54, 1.807) is 36.1 Å². The van der Waals surface area contributed by atoms with E-state index in [1.165, 1.54) is 12.4 Å². The first kappa shape index (κ1) is 23.3. The molecule has 4 rings (SSSR count). The van der Waals surface area contributed by atoms with Crippen LogP contribution < -0.4 is 4.74 Å². The van der Waals surface area contributed by atoms with Crippen molar-refractivity contribution in [2.45, 2.75) is 25.4 Å². The lowest BCUT2D eigenvalue weighted by Gasteiger charge is -2.22. The van der Waals surface area contributed by atoms with E-state index < -0.39 is 6.10 Å². The van der Waals surface area contributed by atoms with Gasteiger partial charge in [0.1, 0.15) is 12.2 Å². The molecule has 6 nitrogen and oxygen atoms in total. The number of carbonyl (C=O) groups is 1. The average Bonchev–Trinajstić information content (AvgIpc) is 3.31. The fourth-order valence-electron chi connectivity index (χ4n) is 3.94. The highest BCUT2D eigenvalue weighted by Gasteiger charge is 2.32. The number of pyridine rings is 2. The summed E-state index contributed by atoms with van der Waals surface area (Å²) in [6.45, 7) is 2.85. The van der Waals surface area contributed by atoms with Gasteiger partial charge in [-0.15, -0.1) is 0 Å². The van der Waals surface area contributed by atoms with E-state index in [9.17, 15) is 10.1 Å². The van der Waals surface area contributed by atoms with Gasteiger partial charge >= 0.3 is 0 Å². The third-order valence-electron chi connectivity index (χ3n) is 5.63. The number of nitriles is 1. The third-order valence-corrected chi connectivity index (χ3v) is 6.59. The molecule has 1 saturated heterocycles. The van der Waals surface area contributed by atoms with Crippen LogP contribution in [0.1, 0.15) is 52.5 Å². The Bertz CT molecular complexity index is 1230. The van der Waals surface area contributed by atoms with Gasteiger partial charge in [-0.1, -0.05) is 40.9 Å². The van der Waals surface area contributed by atoms with Crippen LogP contribution in [0.25, 0.3) is 0 Å². The van der Waals surface area contributed by atoms with E-state index in [1.807, 2.05) is 18.2 Å². The Morgan fingerprint density at radius 2 is 2.00 bits per heavy atom. The van der Waals surface area contributed by atoms with Crippen LogP contribution in [0.5, 0.6) is 5.88 Å². The number of likely N-dealkylation sites (tertiary alicyclic amines) is 1. The van der Waals surface area contributed by atoms with Gasteiger partial charge in [0.05, 0.1) is 20.6 Å². The van der Waals surface area contributed by atoms with Crippen LogP contribution in [0.4, 0.5) is 0 Å². The summed E-state index contributed by atoms with van der Waals surface area (Å²) >= 11 is 18.1. The molecule has 2 atom stereocenters. The fourth-order valence-corrected chi connectivity index (χ4v) is 4.36. The zero-order valence-electron chi connectivity index (χ0n) is 17.6. The lowest BCUT2D eigenvalue weighted by molar-refractivity contribution is 0.0784. The molecule has 0 spiro atoms. The van der Waals surface area contributed by atoms with Crippen LogP contribution in [-0.2, 0) is 0 Å². The van der Waals surface area contributed by atoms with Crippen LogP contribution >= 0.6 is 34.8 Å². The quantitative estimate of drug-likeness (QED) is 0.423. The maximum atomic E-state index is 13.5. The van der Waals surface area contributed by atoms with Crippen LogP contribution in [0, 0.1) is 11.3 Å². The third kappa shape index (κ3) is 5.06. The van der Waals surface area contributed by atoms with E-state index in [-0.39, 0.29) is 23.1 Å². The van der Waals surface area contributed by atoms with E-state index in [0.29, 0.717) is 39.6 Å². The Morgan fingerprint density at radius 1 is 1.18 bits per heavy atom. The second-order valence-corrected chi connectivity index (χ2v) is 8.97. The zero-order chi connectivity index (χ0) is 23.5. The van der Waals surface area contributed by atoms with Crippen molar-refractivity contribution in [2.75, 3.05) is 13.1 Å². The number of amides is 1. The van der Waals surface area contributed by atoms with E-state index in [4.69, 9.17) is 39.5 Å². The van der Waals surface area contributed by atoms with Gasteiger partial charge in [-0.25, -0.2) is 9.97 Å². The normalized spacial score (nSPS) is 16.3. The van der Waals surface area contributed by atoms with Crippen LogP contribution in [0.15, 0.2) is 48.8 Å². The number of ether oxygens (including phenoxy) is 1. The Labute approximate surface area is 206 Å². The molecule has 1 aliphatic heterocycles. The highest BCUT2D eigenvalue weighted by atomic mass is 35.5. The number of halogens is 3. The molecule has 3 heterocycles. The maximum absolute atomic E-state index is 13.5. The highest BCUT2D eigenvalue weighted by molar-refractivity contribution is 6.42. The van der Waals surface area contributed by atoms with Crippen LogP contribution in [-0.4, -0.2) is 33.9 Å². The predicted molar refractivity (Wildman–Crippen MR) is 127 cm³/mol. The second-order valence-electron chi connectivity index (χ2n) is 7.72. The number of hydrogen-bond acceptors (Lipinski definition) is 5. The van der Waals surface area contributed by atoms with E-state index in [0.717, 1.165) is 12.0 Å². The molecule has 1 aromatic carbocycles. The van der Waals surface area contributed by atoms with E-state index in [2.05, 4.69) is 9.97 Å². The van der Waals surface area contributed by atoms with Crippen molar-refractivity contribution < 1.29 is 9.53 Å². The van der Waals surface area contributed by atoms with Crippen molar-refractivity contribution in [1.82, 2.24) is 14.9 Å².